The molecule has 3 aromatic rings. The first-order valence-electron chi connectivity index (χ1n) is 7.39. The highest BCUT2D eigenvalue weighted by atomic mass is 16.5. The first-order valence-corrected chi connectivity index (χ1v) is 7.39. The lowest BCUT2D eigenvalue weighted by Crippen LogP contribution is -2.22. The van der Waals surface area contributed by atoms with Crippen molar-refractivity contribution in [1.29, 1.82) is 0 Å². The number of nitrogens with zero attached hydrogens (tertiary/aromatic N) is 2. The molecule has 0 fully saturated rings. The Kier molecular flexibility index (Phi) is 3.27. The normalized spacial score (nSPS) is 13.0. The second-order valence-corrected chi connectivity index (χ2v) is 5.34. The molecule has 1 aromatic heterocycles. The van der Waals surface area contributed by atoms with E-state index in [9.17, 15) is 4.79 Å². The number of hydrogen-bond donors (Lipinski definition) is 0. The summed E-state index contributed by atoms with van der Waals surface area (Å²) in [4.78, 5) is 18.3. The number of carbonyl (C=O) groups excluding carboxylic acids is 1. The summed E-state index contributed by atoms with van der Waals surface area (Å²) in [6.45, 7) is 0.558. The zero-order valence-electron chi connectivity index (χ0n) is 12.3. The minimum absolute atomic E-state index is 0.0270. The molecule has 0 atom stereocenters. The summed E-state index contributed by atoms with van der Waals surface area (Å²) >= 11 is 0. The molecule has 0 bridgehead atoms. The van der Waals surface area contributed by atoms with Crippen molar-refractivity contribution < 1.29 is 9.53 Å². The number of pyridine rings is 1. The Morgan fingerprint density at radius 2 is 1.83 bits per heavy atom. The second-order valence-electron chi connectivity index (χ2n) is 5.34. The van der Waals surface area contributed by atoms with Crippen LogP contribution in [-0.4, -0.2) is 10.9 Å². The van der Waals surface area contributed by atoms with Gasteiger partial charge < -0.3 is 9.64 Å². The van der Waals surface area contributed by atoms with Gasteiger partial charge in [-0.15, -0.1) is 0 Å². The number of ether oxygens (including phenoxy) is 1. The minimum Gasteiger partial charge on any atom is -0.456 e. The van der Waals surface area contributed by atoms with Crippen LogP contribution in [0.4, 0.5) is 5.69 Å². The molecule has 1 aliphatic rings. The molecule has 4 heteroatoms. The smallest absolute Gasteiger partial charge is 0.258 e. The van der Waals surface area contributed by atoms with Crippen LogP contribution in [0, 0.1) is 0 Å². The summed E-state index contributed by atoms with van der Waals surface area (Å²) in [5.74, 6) is 1.41. The summed E-state index contributed by atoms with van der Waals surface area (Å²) in [6.07, 6.45) is 3.36. The van der Waals surface area contributed by atoms with Crippen LogP contribution in [0.3, 0.4) is 0 Å². The molecule has 2 aromatic carbocycles. The lowest BCUT2D eigenvalue weighted by Gasteiger charge is -2.15. The van der Waals surface area contributed by atoms with Crippen LogP contribution in [0.15, 0.2) is 73.1 Å². The van der Waals surface area contributed by atoms with Crippen LogP contribution in [0.25, 0.3) is 0 Å². The number of aromatic nitrogens is 1. The maximum atomic E-state index is 12.5. The van der Waals surface area contributed by atoms with Crippen molar-refractivity contribution in [3.63, 3.8) is 0 Å². The van der Waals surface area contributed by atoms with E-state index < -0.39 is 0 Å². The Morgan fingerprint density at radius 1 is 0.957 bits per heavy atom. The molecule has 112 valence electrons. The number of benzene rings is 2. The third kappa shape index (κ3) is 2.55. The van der Waals surface area contributed by atoms with Gasteiger partial charge in [-0.25, -0.2) is 0 Å². The third-order valence-electron chi connectivity index (χ3n) is 3.82. The fourth-order valence-corrected chi connectivity index (χ4v) is 2.72. The molecule has 0 spiro atoms. The molecule has 1 amide bonds. The van der Waals surface area contributed by atoms with Crippen LogP contribution < -0.4 is 9.64 Å². The van der Waals surface area contributed by atoms with Crippen molar-refractivity contribution in [2.24, 2.45) is 0 Å². The van der Waals surface area contributed by atoms with Crippen LogP contribution >= 0.6 is 0 Å². The van der Waals surface area contributed by atoms with Gasteiger partial charge in [0.05, 0.1) is 12.7 Å². The highest BCUT2D eigenvalue weighted by molar-refractivity contribution is 6.10. The monoisotopic (exact) mass is 302 g/mol. The van der Waals surface area contributed by atoms with Gasteiger partial charge in [0, 0.05) is 17.4 Å². The lowest BCUT2D eigenvalue weighted by atomic mass is 10.1. The van der Waals surface area contributed by atoms with Crippen LogP contribution in [0.5, 0.6) is 11.5 Å². The predicted octanol–water partition coefficient (Wildman–Crippen LogP) is 4.03. The van der Waals surface area contributed by atoms with E-state index in [0.29, 0.717) is 18.0 Å². The molecule has 0 saturated heterocycles. The van der Waals surface area contributed by atoms with Crippen molar-refractivity contribution in [3.05, 3.63) is 84.2 Å². The Bertz CT molecular complexity index is 848. The maximum Gasteiger partial charge on any atom is 0.258 e. The summed E-state index contributed by atoms with van der Waals surface area (Å²) in [5, 5.41) is 0. The number of rotatable bonds is 3. The number of fused-ring (bicyclic) bond motifs is 1. The van der Waals surface area contributed by atoms with Crippen LogP contribution in [-0.2, 0) is 6.54 Å². The fraction of sp³-hybridized carbons (Fsp3) is 0.0526. The predicted molar refractivity (Wildman–Crippen MR) is 87.7 cm³/mol. The zero-order valence-corrected chi connectivity index (χ0v) is 12.3. The Hall–Kier alpha value is -3.14. The van der Waals surface area contributed by atoms with E-state index >= 15 is 0 Å². The van der Waals surface area contributed by atoms with E-state index in [4.69, 9.17) is 4.74 Å². The van der Waals surface area contributed by atoms with Crippen molar-refractivity contribution >= 4 is 11.6 Å². The van der Waals surface area contributed by atoms with Gasteiger partial charge in [-0.1, -0.05) is 18.2 Å². The van der Waals surface area contributed by atoms with E-state index in [2.05, 4.69) is 4.98 Å². The molecule has 0 radical (unpaired) electrons. The Morgan fingerprint density at radius 3 is 2.61 bits per heavy atom. The lowest BCUT2D eigenvalue weighted by molar-refractivity contribution is 0.0996. The SMILES string of the molecule is O=C1c2ccc(Oc3cccnc3)cc2CN1c1ccccc1. The van der Waals surface area contributed by atoms with Crippen molar-refractivity contribution in [3.8, 4) is 11.5 Å². The van der Waals surface area contributed by atoms with E-state index in [0.717, 1.165) is 16.8 Å². The Labute approximate surface area is 134 Å². The van der Waals surface area contributed by atoms with Gasteiger partial charge in [0.15, 0.2) is 0 Å². The first-order chi connectivity index (χ1) is 11.3. The van der Waals surface area contributed by atoms with Crippen molar-refractivity contribution in [2.75, 3.05) is 4.90 Å². The number of amides is 1. The fourth-order valence-electron chi connectivity index (χ4n) is 2.72. The van der Waals surface area contributed by atoms with Crippen LogP contribution in [0.1, 0.15) is 15.9 Å². The van der Waals surface area contributed by atoms with E-state index in [1.165, 1.54) is 0 Å². The quantitative estimate of drug-likeness (QED) is 0.733. The number of para-hydroxylation sites is 1. The summed E-state index contributed by atoms with van der Waals surface area (Å²) in [5.41, 5.74) is 2.61. The van der Waals surface area contributed by atoms with E-state index in [-0.39, 0.29) is 5.91 Å². The Balaban J connectivity index is 1.61. The highest BCUT2D eigenvalue weighted by Crippen LogP contribution is 2.31. The van der Waals surface area contributed by atoms with Gasteiger partial charge in [-0.05, 0) is 48.0 Å². The molecule has 0 unspecified atom stereocenters. The van der Waals surface area contributed by atoms with Crippen LogP contribution in [0.2, 0.25) is 0 Å². The van der Waals surface area contributed by atoms with Gasteiger partial charge in [-0.3, -0.25) is 9.78 Å². The average Bonchev–Trinajstić information content (AvgIpc) is 2.93. The van der Waals surface area contributed by atoms with Gasteiger partial charge in [0.2, 0.25) is 0 Å². The molecular formula is C19H14N2O2. The van der Waals surface area contributed by atoms with Gasteiger partial charge in [-0.2, -0.15) is 0 Å². The molecule has 0 aliphatic carbocycles. The molecular weight excluding hydrogens is 288 g/mol. The largest absolute Gasteiger partial charge is 0.456 e. The number of anilines is 1. The second kappa shape index (κ2) is 5.57. The molecule has 0 saturated carbocycles. The summed E-state index contributed by atoms with van der Waals surface area (Å²) in [7, 11) is 0. The van der Waals surface area contributed by atoms with Crippen molar-refractivity contribution in [2.45, 2.75) is 6.54 Å². The van der Waals surface area contributed by atoms with Crippen molar-refractivity contribution in [1.82, 2.24) is 4.98 Å². The first kappa shape index (κ1) is 13.5. The minimum atomic E-state index is 0.0270. The number of carbonyl (C=O) groups is 1. The maximum absolute atomic E-state index is 12.5. The van der Waals surface area contributed by atoms with E-state index in [1.807, 2.05) is 60.7 Å². The topological polar surface area (TPSA) is 42.4 Å². The van der Waals surface area contributed by atoms with Gasteiger partial charge in [0.1, 0.15) is 11.5 Å². The molecule has 0 N–H and O–H groups in total. The summed E-state index contributed by atoms with van der Waals surface area (Å²) < 4.78 is 5.79. The molecule has 4 rings (SSSR count). The zero-order chi connectivity index (χ0) is 15.6. The molecule has 4 nitrogen and oxygen atoms in total. The molecule has 2 heterocycles. The van der Waals surface area contributed by atoms with Gasteiger partial charge >= 0.3 is 0 Å². The number of hydrogen-bond acceptors (Lipinski definition) is 3. The molecule has 1 aliphatic heterocycles. The van der Waals surface area contributed by atoms with Gasteiger partial charge in [0.25, 0.3) is 5.91 Å². The van der Waals surface area contributed by atoms with E-state index in [1.54, 1.807) is 17.3 Å². The average molecular weight is 302 g/mol. The standard InChI is InChI=1S/C19H14N2O2/c22-19-18-9-8-16(23-17-7-4-10-20-12-17)11-14(18)13-21(19)15-5-2-1-3-6-15/h1-12H,13H2. The molecule has 23 heavy (non-hydrogen) atoms. The summed E-state index contributed by atoms with van der Waals surface area (Å²) in [6, 6.07) is 18.9. The highest BCUT2D eigenvalue weighted by Gasteiger charge is 2.28. The third-order valence-corrected chi connectivity index (χ3v) is 3.82.